The summed E-state index contributed by atoms with van der Waals surface area (Å²) in [7, 11) is 0. The van der Waals surface area contributed by atoms with E-state index in [-0.39, 0.29) is 11.5 Å². The molecule has 3 N–H and O–H groups in total. The maximum absolute atomic E-state index is 12.1. The number of benzene rings is 1. The summed E-state index contributed by atoms with van der Waals surface area (Å²) < 4.78 is 2.63. The molecule has 0 spiro atoms. The molecule has 5 nitrogen and oxygen atoms in total. The maximum Gasteiger partial charge on any atom is 0.264 e. The molecule has 23 heavy (non-hydrogen) atoms. The van der Waals surface area contributed by atoms with Gasteiger partial charge in [0.05, 0.1) is 5.57 Å². The van der Waals surface area contributed by atoms with Crippen LogP contribution in [0.4, 0.5) is 0 Å². The molecule has 1 aliphatic heterocycles. The van der Waals surface area contributed by atoms with Crippen molar-refractivity contribution in [3.8, 4) is 0 Å². The molecule has 1 atom stereocenters. The highest BCUT2D eigenvalue weighted by Crippen LogP contribution is 2.35. The van der Waals surface area contributed by atoms with E-state index in [1.807, 2.05) is 42.5 Å². The lowest BCUT2D eigenvalue weighted by Gasteiger charge is -2.23. The first-order valence-electron chi connectivity index (χ1n) is 6.88. The van der Waals surface area contributed by atoms with Gasteiger partial charge in [0.15, 0.2) is 12.4 Å². The summed E-state index contributed by atoms with van der Waals surface area (Å²) in [4.78, 5) is 12.1. The van der Waals surface area contributed by atoms with Crippen LogP contribution < -0.4 is 9.88 Å². The zero-order chi connectivity index (χ0) is 16.4. The number of allylic oxidation sites excluding steroid dienone is 1. The molecule has 1 aliphatic rings. The number of hydrogen-bond acceptors (Lipinski definition) is 3. The molecule has 0 radical (unpaired) electrons. The van der Waals surface area contributed by atoms with Gasteiger partial charge < -0.3 is 5.11 Å². The molecule has 1 aromatic carbocycles. The number of pyridine rings is 1. The van der Waals surface area contributed by atoms with Crippen LogP contribution in [0.25, 0.3) is 5.70 Å². The number of aromatic nitrogens is 1. The Hall–Kier alpha value is -2.69. The van der Waals surface area contributed by atoms with E-state index in [4.69, 9.17) is 5.41 Å². The van der Waals surface area contributed by atoms with E-state index in [0.29, 0.717) is 5.70 Å². The SMILES string of the molecule is N=C=C1C(=O)NC(O)=C([n+]2ccccc2)C1c1ccc(Br)cc1. The Morgan fingerprint density at radius 1 is 1.17 bits per heavy atom. The summed E-state index contributed by atoms with van der Waals surface area (Å²) in [5.41, 5.74) is 1.41. The minimum absolute atomic E-state index is 0.150. The van der Waals surface area contributed by atoms with Crippen molar-refractivity contribution in [1.82, 2.24) is 5.32 Å². The van der Waals surface area contributed by atoms with Gasteiger partial charge in [-0.15, -0.1) is 0 Å². The standard InChI is InChI=1S/C17H12BrN3O2/c18-12-6-4-11(5-7-12)14-13(10-19)16(22)20-17(23)15(14)21-8-2-1-3-9-21/h1-9,14,19H,(H-,20,22,23)/p+1. The second-order valence-electron chi connectivity index (χ2n) is 4.99. The second-order valence-corrected chi connectivity index (χ2v) is 5.91. The lowest BCUT2D eigenvalue weighted by atomic mass is 9.86. The van der Waals surface area contributed by atoms with Crippen molar-refractivity contribution >= 4 is 33.4 Å². The van der Waals surface area contributed by atoms with Crippen LogP contribution in [0.5, 0.6) is 0 Å². The Balaban J connectivity index is 2.24. The van der Waals surface area contributed by atoms with Gasteiger partial charge in [0.2, 0.25) is 0 Å². The van der Waals surface area contributed by atoms with Crippen LogP contribution >= 0.6 is 15.9 Å². The monoisotopic (exact) mass is 370 g/mol. The van der Waals surface area contributed by atoms with Gasteiger partial charge in [0.1, 0.15) is 5.92 Å². The van der Waals surface area contributed by atoms with Crippen molar-refractivity contribution in [2.45, 2.75) is 5.92 Å². The van der Waals surface area contributed by atoms with E-state index in [2.05, 4.69) is 27.1 Å². The van der Waals surface area contributed by atoms with E-state index in [1.54, 1.807) is 17.0 Å². The third kappa shape index (κ3) is 2.82. The van der Waals surface area contributed by atoms with Crippen molar-refractivity contribution in [2.24, 2.45) is 0 Å². The number of carbonyl (C=O) groups is 1. The third-order valence-electron chi connectivity index (χ3n) is 3.61. The number of hydrogen-bond donors (Lipinski definition) is 3. The van der Waals surface area contributed by atoms with Crippen LogP contribution in [0.2, 0.25) is 0 Å². The van der Waals surface area contributed by atoms with Crippen molar-refractivity contribution < 1.29 is 14.5 Å². The third-order valence-corrected chi connectivity index (χ3v) is 4.14. The van der Waals surface area contributed by atoms with Gasteiger partial charge in [-0.3, -0.25) is 15.5 Å². The summed E-state index contributed by atoms with van der Waals surface area (Å²) in [6.45, 7) is 0. The molecular formula is C17H13BrN3O2+. The molecule has 0 fully saturated rings. The van der Waals surface area contributed by atoms with Crippen LogP contribution in [0, 0.1) is 5.41 Å². The normalized spacial score (nSPS) is 17.7. The van der Waals surface area contributed by atoms with Gasteiger partial charge in [-0.05, 0) is 23.6 Å². The number of rotatable bonds is 2. The number of nitrogens with one attached hydrogen (secondary N) is 2. The molecule has 0 bridgehead atoms. The highest BCUT2D eigenvalue weighted by atomic mass is 79.9. The molecule has 0 aliphatic carbocycles. The number of halogens is 1. The first-order chi connectivity index (χ1) is 11.1. The Morgan fingerprint density at radius 2 is 1.83 bits per heavy atom. The van der Waals surface area contributed by atoms with Crippen molar-refractivity contribution in [3.05, 3.63) is 76.4 Å². The predicted molar refractivity (Wildman–Crippen MR) is 88.7 cm³/mol. The van der Waals surface area contributed by atoms with Gasteiger partial charge in [0.25, 0.3) is 17.5 Å². The maximum atomic E-state index is 12.1. The van der Waals surface area contributed by atoms with E-state index >= 15 is 0 Å². The Labute approximate surface area is 141 Å². The van der Waals surface area contributed by atoms with Crippen LogP contribution in [0.1, 0.15) is 11.5 Å². The van der Waals surface area contributed by atoms with Crippen LogP contribution in [0.15, 0.2) is 70.8 Å². The first kappa shape index (κ1) is 15.2. The summed E-state index contributed by atoms with van der Waals surface area (Å²) in [6.07, 6.45) is 3.55. The van der Waals surface area contributed by atoms with E-state index in [0.717, 1.165) is 10.0 Å². The molecule has 114 valence electrons. The van der Waals surface area contributed by atoms with Crippen molar-refractivity contribution in [3.63, 3.8) is 0 Å². The van der Waals surface area contributed by atoms with Crippen LogP contribution in [-0.2, 0) is 4.79 Å². The Kier molecular flexibility index (Phi) is 4.10. The van der Waals surface area contributed by atoms with Crippen LogP contribution in [0.3, 0.4) is 0 Å². The fourth-order valence-corrected chi connectivity index (χ4v) is 2.85. The van der Waals surface area contributed by atoms with Gasteiger partial charge in [-0.2, -0.15) is 4.57 Å². The second kappa shape index (κ2) is 6.20. The lowest BCUT2D eigenvalue weighted by Crippen LogP contribution is -2.44. The summed E-state index contributed by atoms with van der Waals surface area (Å²) in [5, 5.41) is 20.2. The fraction of sp³-hybridized carbons (Fsp3) is 0.0588. The summed E-state index contributed by atoms with van der Waals surface area (Å²) in [5.74, 6) is 0.893. The minimum Gasteiger partial charge on any atom is -0.490 e. The zero-order valence-corrected chi connectivity index (χ0v) is 13.5. The molecule has 0 saturated heterocycles. The molecule has 0 saturated carbocycles. The fourth-order valence-electron chi connectivity index (χ4n) is 2.58. The molecule has 1 amide bonds. The largest absolute Gasteiger partial charge is 0.490 e. The number of carbonyl (C=O) groups excluding carboxylic acids is 1. The molecule has 2 aromatic rings. The molecule has 3 rings (SSSR count). The minimum atomic E-state index is -0.582. The molecule has 6 heteroatoms. The summed E-state index contributed by atoms with van der Waals surface area (Å²) in [6, 6.07) is 12.9. The average Bonchev–Trinajstić information content (AvgIpc) is 2.56. The van der Waals surface area contributed by atoms with Crippen molar-refractivity contribution in [1.29, 1.82) is 5.41 Å². The Morgan fingerprint density at radius 3 is 2.43 bits per heavy atom. The van der Waals surface area contributed by atoms with Gasteiger partial charge >= 0.3 is 0 Å². The van der Waals surface area contributed by atoms with Crippen LogP contribution in [-0.4, -0.2) is 16.9 Å². The average molecular weight is 371 g/mol. The van der Waals surface area contributed by atoms with Gasteiger partial charge in [-0.1, -0.05) is 34.1 Å². The molecular weight excluding hydrogens is 358 g/mol. The number of amides is 1. The smallest absolute Gasteiger partial charge is 0.264 e. The predicted octanol–water partition coefficient (Wildman–Crippen LogP) is 2.51. The lowest BCUT2D eigenvalue weighted by molar-refractivity contribution is -0.585. The number of aliphatic hydroxyl groups excluding tert-OH is 1. The highest BCUT2D eigenvalue weighted by Gasteiger charge is 2.40. The van der Waals surface area contributed by atoms with Gasteiger partial charge in [0, 0.05) is 16.6 Å². The zero-order valence-electron chi connectivity index (χ0n) is 12.0. The van der Waals surface area contributed by atoms with Gasteiger partial charge in [-0.25, -0.2) is 0 Å². The van der Waals surface area contributed by atoms with E-state index in [1.165, 1.54) is 0 Å². The summed E-state index contributed by atoms with van der Waals surface area (Å²) >= 11 is 3.38. The Bertz CT molecular complexity index is 838. The van der Waals surface area contributed by atoms with Crippen molar-refractivity contribution in [2.75, 3.05) is 0 Å². The number of nitrogens with zero attached hydrogens (tertiary/aromatic N) is 1. The highest BCUT2D eigenvalue weighted by molar-refractivity contribution is 9.10. The molecule has 1 aromatic heterocycles. The number of aliphatic hydroxyl groups is 1. The first-order valence-corrected chi connectivity index (χ1v) is 7.67. The topological polar surface area (TPSA) is 77.1 Å². The van der Waals surface area contributed by atoms with E-state index in [9.17, 15) is 9.90 Å². The molecule has 1 unspecified atom stereocenters. The molecule has 2 heterocycles. The quantitative estimate of drug-likeness (QED) is 0.431. The van der Waals surface area contributed by atoms with E-state index < -0.39 is 11.8 Å².